The average molecular weight is 496 g/mol. The summed E-state index contributed by atoms with van der Waals surface area (Å²) < 4.78 is 4.00. The van der Waals surface area contributed by atoms with Crippen molar-refractivity contribution in [1.82, 2.24) is 29.6 Å². The first-order chi connectivity index (χ1) is 16.4. The lowest BCUT2D eigenvalue weighted by Crippen LogP contribution is -2.19. The summed E-state index contributed by atoms with van der Waals surface area (Å²) in [6.07, 6.45) is 5.74. The predicted octanol–water partition coefficient (Wildman–Crippen LogP) is 4.28. The second-order valence-corrected chi connectivity index (χ2v) is 9.50. The number of hydrogen-bond acceptors (Lipinski definition) is 6. The summed E-state index contributed by atoms with van der Waals surface area (Å²) >= 11 is 7.80. The third-order valence-corrected chi connectivity index (χ3v) is 7.07. The second-order valence-electron chi connectivity index (χ2n) is 7.86. The Morgan fingerprint density at radius 3 is 2.62 bits per heavy atom. The van der Waals surface area contributed by atoms with E-state index in [1.165, 1.54) is 16.0 Å². The van der Waals surface area contributed by atoms with E-state index in [0.29, 0.717) is 19.5 Å². The molecule has 4 aromatic rings. The summed E-state index contributed by atoms with van der Waals surface area (Å²) in [6, 6.07) is 7.86. The van der Waals surface area contributed by atoms with Gasteiger partial charge in [-0.1, -0.05) is 23.7 Å². The number of amides is 1. The summed E-state index contributed by atoms with van der Waals surface area (Å²) in [7, 11) is 1.64. The maximum absolute atomic E-state index is 10.8. The minimum Gasteiger partial charge on any atom is -0.359 e. The first-order valence-corrected chi connectivity index (χ1v) is 12.1. The molecule has 0 atom stereocenters. The van der Waals surface area contributed by atoms with Crippen LogP contribution in [0.2, 0.25) is 5.02 Å². The molecule has 0 fully saturated rings. The van der Waals surface area contributed by atoms with Crippen molar-refractivity contribution in [1.29, 1.82) is 0 Å². The minimum atomic E-state index is 0.0544. The van der Waals surface area contributed by atoms with Crippen molar-refractivity contribution in [3.05, 3.63) is 81.2 Å². The van der Waals surface area contributed by atoms with Gasteiger partial charge in [0.05, 0.1) is 12.0 Å². The van der Waals surface area contributed by atoms with Gasteiger partial charge in [0.2, 0.25) is 5.91 Å². The molecule has 1 aliphatic rings. The minimum absolute atomic E-state index is 0.0544. The molecule has 176 valence electrons. The van der Waals surface area contributed by atoms with E-state index in [4.69, 9.17) is 16.6 Å². The Morgan fingerprint density at radius 1 is 1.18 bits per heavy atom. The van der Waals surface area contributed by atoms with Crippen LogP contribution in [0.3, 0.4) is 0 Å². The van der Waals surface area contributed by atoms with Crippen LogP contribution < -0.4 is 5.32 Å². The van der Waals surface area contributed by atoms with E-state index in [0.717, 1.165) is 32.9 Å². The lowest BCUT2D eigenvalue weighted by Gasteiger charge is -2.09. The molecule has 1 aromatic carbocycles. The molecule has 0 radical (unpaired) electrons. The van der Waals surface area contributed by atoms with Crippen LogP contribution >= 0.6 is 22.9 Å². The van der Waals surface area contributed by atoms with E-state index < -0.39 is 0 Å². The van der Waals surface area contributed by atoms with Gasteiger partial charge in [0.1, 0.15) is 17.4 Å². The fraction of sp³-hybridized carbons (Fsp3) is 0.292. The predicted molar refractivity (Wildman–Crippen MR) is 135 cm³/mol. The lowest BCUT2D eigenvalue weighted by atomic mass is 10.00. The third kappa shape index (κ3) is 4.95. The van der Waals surface area contributed by atoms with Crippen molar-refractivity contribution in [2.24, 2.45) is 4.99 Å². The van der Waals surface area contributed by atoms with Crippen molar-refractivity contribution in [2.75, 3.05) is 7.05 Å². The lowest BCUT2D eigenvalue weighted by molar-refractivity contribution is -0.120. The number of fused-ring (bicyclic) bond motifs is 3. The van der Waals surface area contributed by atoms with Gasteiger partial charge in [-0.3, -0.25) is 14.4 Å². The Morgan fingerprint density at radius 2 is 1.94 bits per heavy atom. The van der Waals surface area contributed by atoms with Crippen LogP contribution in [0.4, 0.5) is 0 Å². The molecular weight excluding hydrogens is 470 g/mol. The topological polar surface area (TPSA) is 90.0 Å². The van der Waals surface area contributed by atoms with Gasteiger partial charge >= 0.3 is 0 Å². The van der Waals surface area contributed by atoms with Gasteiger partial charge < -0.3 is 9.88 Å². The van der Waals surface area contributed by atoms with Crippen molar-refractivity contribution in [2.45, 2.75) is 40.3 Å². The van der Waals surface area contributed by atoms with Gasteiger partial charge in [-0.05, 0) is 38.5 Å². The molecule has 10 heteroatoms. The largest absolute Gasteiger partial charge is 0.359 e. The van der Waals surface area contributed by atoms with E-state index in [1.54, 1.807) is 30.9 Å². The van der Waals surface area contributed by atoms with Crippen molar-refractivity contribution in [3.63, 3.8) is 0 Å². The number of thiophene rings is 1. The van der Waals surface area contributed by atoms with Gasteiger partial charge in [-0.2, -0.15) is 0 Å². The van der Waals surface area contributed by atoms with Gasteiger partial charge in [0.15, 0.2) is 5.82 Å². The molecule has 0 spiro atoms. The maximum atomic E-state index is 10.8. The van der Waals surface area contributed by atoms with Crippen LogP contribution in [0.25, 0.3) is 5.00 Å². The molecule has 8 nitrogen and oxygen atoms in total. The fourth-order valence-electron chi connectivity index (χ4n) is 3.67. The summed E-state index contributed by atoms with van der Waals surface area (Å²) in [5, 5.41) is 12.9. The number of benzene rings is 1. The number of imidazole rings is 1. The van der Waals surface area contributed by atoms with Gasteiger partial charge in [-0.25, -0.2) is 4.98 Å². The fourth-order valence-corrected chi connectivity index (χ4v) is 5.02. The van der Waals surface area contributed by atoms with Crippen LogP contribution in [-0.2, 0) is 17.9 Å². The van der Waals surface area contributed by atoms with E-state index in [9.17, 15) is 4.79 Å². The highest BCUT2D eigenvalue weighted by Gasteiger charge is 2.26. The van der Waals surface area contributed by atoms with E-state index >= 15 is 0 Å². The van der Waals surface area contributed by atoms with Gasteiger partial charge in [0, 0.05) is 53.4 Å². The van der Waals surface area contributed by atoms with Crippen LogP contribution in [0.1, 0.15) is 39.6 Å². The van der Waals surface area contributed by atoms with E-state index in [1.807, 2.05) is 42.0 Å². The van der Waals surface area contributed by atoms with Crippen molar-refractivity contribution >= 4 is 34.6 Å². The summed E-state index contributed by atoms with van der Waals surface area (Å²) in [5.74, 6) is 1.84. The SMILES string of the molecule is CNC(=O)CCn1ccnc1.Cc1sc2c(c1C)C(c1ccc(Cl)cc1)=NCc1nnc(C)n1-2. The Kier molecular flexibility index (Phi) is 7.23. The van der Waals surface area contributed by atoms with Crippen LogP contribution in [0, 0.1) is 20.8 Å². The molecule has 1 aliphatic heterocycles. The Balaban J connectivity index is 0.000000210. The Hall–Kier alpha value is -3.30. The molecular formula is C24H26ClN7OS. The number of carbonyl (C=O) groups excluding carboxylic acids is 1. The molecule has 0 aliphatic carbocycles. The van der Waals surface area contributed by atoms with Crippen LogP contribution in [-0.4, -0.2) is 43.0 Å². The first kappa shape index (κ1) is 23.8. The van der Waals surface area contributed by atoms with Crippen molar-refractivity contribution < 1.29 is 4.79 Å². The Bertz CT molecular complexity index is 1320. The van der Waals surface area contributed by atoms with E-state index in [-0.39, 0.29) is 5.91 Å². The summed E-state index contributed by atoms with van der Waals surface area (Å²) in [5.41, 5.74) is 4.52. The Labute approximate surface area is 207 Å². The zero-order valence-corrected chi connectivity index (χ0v) is 21.1. The first-order valence-electron chi connectivity index (χ1n) is 10.9. The smallest absolute Gasteiger partial charge is 0.221 e. The molecule has 4 heterocycles. The average Bonchev–Trinajstić information content (AvgIpc) is 3.52. The molecule has 1 amide bonds. The number of carbonyl (C=O) groups is 1. The quantitative estimate of drug-likeness (QED) is 0.457. The molecule has 0 saturated heterocycles. The van der Waals surface area contributed by atoms with Crippen LogP contribution in [0.5, 0.6) is 0 Å². The third-order valence-electron chi connectivity index (χ3n) is 5.63. The number of nitrogens with one attached hydrogen (secondary N) is 1. The van der Waals surface area contributed by atoms with Gasteiger partial charge in [-0.15, -0.1) is 21.5 Å². The second kappa shape index (κ2) is 10.3. The highest BCUT2D eigenvalue weighted by Crippen LogP contribution is 2.36. The molecule has 34 heavy (non-hydrogen) atoms. The molecule has 5 rings (SSSR count). The number of aryl methyl sites for hydroxylation is 3. The zero-order valence-electron chi connectivity index (χ0n) is 19.5. The highest BCUT2D eigenvalue weighted by molar-refractivity contribution is 7.15. The molecule has 0 unspecified atom stereocenters. The summed E-state index contributed by atoms with van der Waals surface area (Å²) in [6.45, 7) is 7.50. The number of aliphatic imine (C=N–C) groups is 1. The maximum Gasteiger partial charge on any atom is 0.221 e. The van der Waals surface area contributed by atoms with E-state index in [2.05, 4.69) is 38.9 Å². The number of aromatic nitrogens is 5. The molecule has 0 saturated carbocycles. The highest BCUT2D eigenvalue weighted by atomic mass is 35.5. The van der Waals surface area contributed by atoms with Gasteiger partial charge in [0.25, 0.3) is 0 Å². The monoisotopic (exact) mass is 495 g/mol. The van der Waals surface area contributed by atoms with Crippen LogP contribution in [0.15, 0.2) is 48.0 Å². The van der Waals surface area contributed by atoms with Crippen molar-refractivity contribution in [3.8, 4) is 5.00 Å². The molecule has 1 N–H and O–H groups in total. The zero-order chi connectivity index (χ0) is 24.2. The number of rotatable bonds is 4. The molecule has 3 aromatic heterocycles. The standard InChI is InChI=1S/C17H15ClN4S.C7H11N3O/c1-9-10(2)23-17-15(9)16(12-4-6-13(18)7-5-12)19-8-14-21-20-11(3)22(14)17;1-8-7(11)2-4-10-5-3-9-6-10/h4-7H,8H2,1-3H3;3,5-6H,2,4H2,1H3,(H,8,11). The number of hydrogen-bond donors (Lipinski definition) is 1. The number of nitrogens with zero attached hydrogens (tertiary/aromatic N) is 6. The number of halogens is 1. The summed E-state index contributed by atoms with van der Waals surface area (Å²) in [4.78, 5) is 20.8. The molecule has 0 bridgehead atoms. The normalized spacial score (nSPS) is 12.1.